The first-order valence-corrected chi connectivity index (χ1v) is 6.51. The van der Waals surface area contributed by atoms with Gasteiger partial charge in [0.05, 0.1) is 15.6 Å². The first-order valence-electron chi connectivity index (χ1n) is 5.34. The molecule has 2 rings (SSSR count). The van der Waals surface area contributed by atoms with Gasteiger partial charge in [0.15, 0.2) is 0 Å². The van der Waals surface area contributed by atoms with Crippen molar-refractivity contribution in [2.75, 3.05) is 5.32 Å². The largest absolute Gasteiger partial charge is 0.319 e. The van der Waals surface area contributed by atoms with Gasteiger partial charge in [-0.2, -0.15) is 0 Å². The fraction of sp³-hybridized carbons (Fsp3) is 0. The maximum atomic E-state index is 11.9. The molecule has 8 heteroatoms. The third-order valence-corrected chi connectivity index (χ3v) is 3.17. The predicted octanol–water partition coefficient (Wildman–Crippen LogP) is 3.66. The van der Waals surface area contributed by atoms with Gasteiger partial charge in [-0.15, -0.1) is 0 Å². The number of amides is 1. The van der Waals surface area contributed by atoms with Crippen molar-refractivity contribution >= 4 is 44.8 Å². The molecule has 0 aliphatic carbocycles. The Morgan fingerprint density at radius 3 is 2.70 bits per heavy atom. The molecule has 20 heavy (non-hydrogen) atoms. The SMILES string of the molecule is O=C(Nc1cc([N+](=O)[O-])ccc1Cl)c1ccc(Br)cn1. The standard InChI is InChI=1S/C12H7BrClN3O3/c13-7-1-4-10(15-6-7)12(18)16-11-5-8(17(19)20)2-3-9(11)14/h1-6H,(H,16,18). The number of nitro groups is 1. The Morgan fingerprint density at radius 2 is 2.10 bits per heavy atom. The minimum absolute atomic E-state index is 0.159. The van der Waals surface area contributed by atoms with Crippen molar-refractivity contribution in [2.24, 2.45) is 0 Å². The second kappa shape index (κ2) is 5.98. The van der Waals surface area contributed by atoms with Crippen LogP contribution in [0.15, 0.2) is 41.0 Å². The van der Waals surface area contributed by atoms with E-state index in [1.165, 1.54) is 30.5 Å². The molecule has 6 nitrogen and oxygen atoms in total. The molecule has 0 saturated carbocycles. The number of hydrogen-bond acceptors (Lipinski definition) is 4. The van der Waals surface area contributed by atoms with Crippen molar-refractivity contribution in [2.45, 2.75) is 0 Å². The third-order valence-electron chi connectivity index (χ3n) is 2.37. The van der Waals surface area contributed by atoms with Crippen LogP contribution in [0.2, 0.25) is 5.02 Å². The van der Waals surface area contributed by atoms with Crippen molar-refractivity contribution < 1.29 is 9.72 Å². The molecule has 102 valence electrons. The van der Waals surface area contributed by atoms with Crippen LogP contribution in [-0.2, 0) is 0 Å². The molecule has 1 N–H and O–H groups in total. The number of benzene rings is 1. The Labute approximate surface area is 127 Å². The van der Waals surface area contributed by atoms with Crippen LogP contribution in [0.1, 0.15) is 10.5 Å². The number of pyridine rings is 1. The van der Waals surface area contributed by atoms with E-state index in [1.54, 1.807) is 6.07 Å². The van der Waals surface area contributed by atoms with Crippen LogP contribution in [0, 0.1) is 10.1 Å². The fourth-order valence-corrected chi connectivity index (χ4v) is 1.82. The summed E-state index contributed by atoms with van der Waals surface area (Å²) in [5.41, 5.74) is 0.180. The number of rotatable bonds is 3. The quantitative estimate of drug-likeness (QED) is 0.672. The zero-order valence-corrected chi connectivity index (χ0v) is 12.2. The zero-order valence-electron chi connectivity index (χ0n) is 9.84. The molecule has 1 aromatic heterocycles. The summed E-state index contributed by atoms with van der Waals surface area (Å²) in [6.07, 6.45) is 1.48. The topological polar surface area (TPSA) is 85.1 Å². The number of anilines is 1. The number of nitrogens with zero attached hydrogens (tertiary/aromatic N) is 2. The Hall–Kier alpha value is -1.99. The molecule has 0 bridgehead atoms. The molecular formula is C12H7BrClN3O3. The number of nitrogens with one attached hydrogen (secondary N) is 1. The highest BCUT2D eigenvalue weighted by Crippen LogP contribution is 2.27. The van der Waals surface area contributed by atoms with Gasteiger partial charge in [-0.3, -0.25) is 14.9 Å². The molecule has 1 heterocycles. The van der Waals surface area contributed by atoms with E-state index in [1.807, 2.05) is 0 Å². The second-order valence-corrected chi connectivity index (χ2v) is 5.06. The van der Waals surface area contributed by atoms with E-state index in [9.17, 15) is 14.9 Å². The van der Waals surface area contributed by atoms with Crippen LogP contribution in [-0.4, -0.2) is 15.8 Å². The van der Waals surface area contributed by atoms with Gasteiger partial charge < -0.3 is 5.32 Å². The maximum Gasteiger partial charge on any atom is 0.274 e. The van der Waals surface area contributed by atoms with Crippen LogP contribution in [0.4, 0.5) is 11.4 Å². The van der Waals surface area contributed by atoms with E-state index in [0.717, 1.165) is 4.47 Å². The highest BCUT2D eigenvalue weighted by molar-refractivity contribution is 9.10. The summed E-state index contributed by atoms with van der Waals surface area (Å²) in [6, 6.07) is 6.99. The lowest BCUT2D eigenvalue weighted by Gasteiger charge is -2.06. The van der Waals surface area contributed by atoms with Gasteiger partial charge in [0.25, 0.3) is 11.6 Å². The average molecular weight is 357 g/mol. The molecule has 0 aliphatic rings. The van der Waals surface area contributed by atoms with Crippen LogP contribution in [0.25, 0.3) is 0 Å². The van der Waals surface area contributed by atoms with Crippen molar-refractivity contribution in [3.05, 3.63) is 61.8 Å². The van der Waals surface area contributed by atoms with Gasteiger partial charge in [-0.25, -0.2) is 4.98 Å². The van der Waals surface area contributed by atoms with Gasteiger partial charge in [-0.1, -0.05) is 11.6 Å². The molecule has 0 aliphatic heterocycles. The summed E-state index contributed by atoms with van der Waals surface area (Å²) >= 11 is 9.10. The van der Waals surface area contributed by atoms with Gasteiger partial charge in [0.2, 0.25) is 0 Å². The Morgan fingerprint density at radius 1 is 1.35 bits per heavy atom. The molecule has 0 atom stereocenters. The second-order valence-electron chi connectivity index (χ2n) is 3.74. The van der Waals surface area contributed by atoms with Crippen LogP contribution >= 0.6 is 27.5 Å². The van der Waals surface area contributed by atoms with Crippen molar-refractivity contribution in [1.82, 2.24) is 4.98 Å². The minimum Gasteiger partial charge on any atom is -0.319 e. The molecule has 0 fully saturated rings. The highest BCUT2D eigenvalue weighted by Gasteiger charge is 2.13. The zero-order chi connectivity index (χ0) is 14.7. The number of nitro benzene ring substituents is 1. The van der Waals surface area contributed by atoms with Crippen molar-refractivity contribution in [3.63, 3.8) is 0 Å². The summed E-state index contributed by atoms with van der Waals surface area (Å²) in [7, 11) is 0. The predicted molar refractivity (Wildman–Crippen MR) is 78.0 cm³/mol. The third kappa shape index (κ3) is 3.31. The molecule has 0 saturated heterocycles. The number of hydrogen-bond donors (Lipinski definition) is 1. The molecule has 1 aromatic carbocycles. The van der Waals surface area contributed by atoms with Gasteiger partial charge in [0.1, 0.15) is 5.69 Å². The maximum absolute atomic E-state index is 11.9. The molecular weight excluding hydrogens is 350 g/mol. The highest BCUT2D eigenvalue weighted by atomic mass is 79.9. The molecule has 0 spiro atoms. The van der Waals surface area contributed by atoms with E-state index in [2.05, 4.69) is 26.2 Å². The van der Waals surface area contributed by atoms with E-state index < -0.39 is 10.8 Å². The monoisotopic (exact) mass is 355 g/mol. The lowest BCUT2D eigenvalue weighted by molar-refractivity contribution is -0.384. The average Bonchev–Trinajstić information content (AvgIpc) is 2.41. The lowest BCUT2D eigenvalue weighted by Crippen LogP contribution is -2.13. The number of non-ortho nitro benzene ring substituents is 1. The normalized spacial score (nSPS) is 10.1. The first-order chi connectivity index (χ1) is 9.47. The van der Waals surface area contributed by atoms with Gasteiger partial charge >= 0.3 is 0 Å². The number of aromatic nitrogens is 1. The van der Waals surface area contributed by atoms with Crippen LogP contribution < -0.4 is 5.32 Å². The van der Waals surface area contributed by atoms with E-state index in [4.69, 9.17) is 11.6 Å². The summed E-state index contributed by atoms with van der Waals surface area (Å²) in [4.78, 5) is 26.0. The Kier molecular flexibility index (Phi) is 4.31. The fourth-order valence-electron chi connectivity index (χ4n) is 1.42. The van der Waals surface area contributed by atoms with Crippen molar-refractivity contribution in [3.8, 4) is 0 Å². The lowest BCUT2D eigenvalue weighted by atomic mass is 10.2. The Balaban J connectivity index is 2.25. The van der Waals surface area contributed by atoms with Gasteiger partial charge in [0, 0.05) is 22.8 Å². The molecule has 0 unspecified atom stereocenters. The molecule has 1 amide bonds. The summed E-state index contributed by atoms with van der Waals surface area (Å²) in [6.45, 7) is 0. The van der Waals surface area contributed by atoms with Crippen LogP contribution in [0.3, 0.4) is 0 Å². The first kappa shape index (κ1) is 14.4. The van der Waals surface area contributed by atoms with E-state index >= 15 is 0 Å². The minimum atomic E-state index is -0.566. The number of carbonyl (C=O) groups excluding carboxylic acids is 1. The Bertz CT molecular complexity index is 676. The summed E-state index contributed by atoms with van der Waals surface area (Å²) in [5.74, 6) is -0.500. The van der Waals surface area contributed by atoms with Crippen LogP contribution in [0.5, 0.6) is 0 Å². The van der Waals surface area contributed by atoms with Gasteiger partial charge in [-0.05, 0) is 34.1 Å². The van der Waals surface area contributed by atoms with E-state index in [-0.39, 0.29) is 22.1 Å². The molecule has 0 radical (unpaired) electrons. The van der Waals surface area contributed by atoms with Crippen molar-refractivity contribution in [1.29, 1.82) is 0 Å². The summed E-state index contributed by atoms with van der Waals surface area (Å²) < 4.78 is 0.738. The number of carbonyl (C=O) groups is 1. The smallest absolute Gasteiger partial charge is 0.274 e. The van der Waals surface area contributed by atoms with E-state index in [0.29, 0.717) is 0 Å². The summed E-state index contributed by atoms with van der Waals surface area (Å²) in [5, 5.41) is 13.4. The molecule has 2 aromatic rings. The number of halogens is 2.